The van der Waals surface area contributed by atoms with E-state index < -0.39 is 0 Å². The van der Waals surface area contributed by atoms with Gasteiger partial charge in [-0.05, 0) is 30.9 Å². The van der Waals surface area contributed by atoms with E-state index in [4.69, 9.17) is 5.73 Å². The van der Waals surface area contributed by atoms with Crippen molar-refractivity contribution in [3.8, 4) is 11.3 Å². The number of hydrogen-bond acceptors (Lipinski definition) is 4. The predicted molar refractivity (Wildman–Crippen MR) is 97.9 cm³/mol. The van der Waals surface area contributed by atoms with E-state index in [0.29, 0.717) is 30.4 Å². The number of hydrogen-bond donors (Lipinski definition) is 2. The highest BCUT2D eigenvalue weighted by molar-refractivity contribution is 7.16. The number of carbonyl (C=O) groups is 1. The molecule has 1 aromatic heterocycles. The molecule has 5 heteroatoms. The van der Waals surface area contributed by atoms with E-state index >= 15 is 0 Å². The number of anilines is 1. The lowest BCUT2D eigenvalue weighted by Gasteiger charge is -2.06. The fourth-order valence-corrected chi connectivity index (χ4v) is 3.28. The molecule has 3 N–H and O–H groups in total. The van der Waals surface area contributed by atoms with Crippen LogP contribution in [0.3, 0.4) is 0 Å². The van der Waals surface area contributed by atoms with Crippen molar-refractivity contribution in [3.05, 3.63) is 34.7 Å². The molecular formula is C18H25N3OS. The molecule has 0 saturated carbocycles. The maximum atomic E-state index is 11.8. The summed E-state index contributed by atoms with van der Waals surface area (Å²) in [6.45, 7) is 7.01. The van der Waals surface area contributed by atoms with E-state index in [1.807, 2.05) is 0 Å². The number of amides is 1. The zero-order valence-electron chi connectivity index (χ0n) is 14.1. The van der Waals surface area contributed by atoms with Crippen molar-refractivity contribution >= 4 is 22.4 Å². The third kappa shape index (κ3) is 4.62. The maximum absolute atomic E-state index is 11.8. The van der Waals surface area contributed by atoms with Crippen LogP contribution in [0.1, 0.15) is 50.0 Å². The molecule has 0 atom stereocenters. The van der Waals surface area contributed by atoms with Crippen LogP contribution in [0.2, 0.25) is 0 Å². The lowest BCUT2D eigenvalue weighted by Crippen LogP contribution is -2.13. The Morgan fingerprint density at radius 2 is 2.00 bits per heavy atom. The second-order valence-corrected chi connectivity index (χ2v) is 6.95. The van der Waals surface area contributed by atoms with Gasteiger partial charge in [-0.3, -0.25) is 4.79 Å². The minimum atomic E-state index is -0.0199. The normalized spacial score (nSPS) is 11.0. The number of benzene rings is 1. The average molecular weight is 331 g/mol. The van der Waals surface area contributed by atoms with E-state index in [9.17, 15) is 4.79 Å². The molecule has 0 bridgehead atoms. The first-order valence-electron chi connectivity index (χ1n) is 8.15. The van der Waals surface area contributed by atoms with E-state index in [1.165, 1.54) is 10.4 Å². The van der Waals surface area contributed by atoms with Gasteiger partial charge in [0.05, 0.1) is 5.69 Å². The second kappa shape index (κ2) is 8.22. The Bertz CT molecular complexity index is 647. The van der Waals surface area contributed by atoms with Crippen LogP contribution < -0.4 is 11.1 Å². The number of nitrogens with zero attached hydrogens (tertiary/aromatic N) is 1. The highest BCUT2D eigenvalue weighted by Crippen LogP contribution is 2.32. The van der Waals surface area contributed by atoms with Crippen molar-refractivity contribution in [1.82, 2.24) is 4.98 Å². The van der Waals surface area contributed by atoms with Gasteiger partial charge >= 0.3 is 0 Å². The largest absolute Gasteiger partial charge is 0.330 e. The monoisotopic (exact) mass is 331 g/mol. The first-order valence-corrected chi connectivity index (χ1v) is 8.96. The Hall–Kier alpha value is -1.72. The summed E-state index contributed by atoms with van der Waals surface area (Å²) in [5, 5.41) is 3.56. The molecule has 0 radical (unpaired) electrons. The Labute approximate surface area is 142 Å². The van der Waals surface area contributed by atoms with E-state index in [2.05, 4.69) is 55.3 Å². The first-order chi connectivity index (χ1) is 11.0. The molecule has 0 unspecified atom stereocenters. The zero-order chi connectivity index (χ0) is 16.8. The lowest BCUT2D eigenvalue weighted by atomic mass is 10.0. The number of nitrogens with one attached hydrogen (secondary N) is 1. The fraction of sp³-hybridized carbons (Fsp3) is 0.444. The average Bonchev–Trinajstić information content (AvgIpc) is 2.95. The van der Waals surface area contributed by atoms with E-state index in [0.717, 1.165) is 17.7 Å². The smallest absolute Gasteiger partial charge is 0.226 e. The molecule has 2 aromatic rings. The standard InChI is InChI=1S/C18H25N3OS/c1-4-15-17(14-9-7-13(8-10-14)12(2)3)21-18(23-15)20-16(22)6-5-11-19/h7-10,12H,4-6,11,19H2,1-3H3,(H,20,21,22). The molecule has 4 nitrogen and oxygen atoms in total. The topological polar surface area (TPSA) is 68.0 Å². The van der Waals surface area contributed by atoms with Crippen LogP contribution in [-0.2, 0) is 11.2 Å². The van der Waals surface area contributed by atoms with Gasteiger partial charge in [-0.15, -0.1) is 11.3 Å². The molecule has 0 aliphatic carbocycles. The van der Waals surface area contributed by atoms with Crippen molar-refractivity contribution in [2.75, 3.05) is 11.9 Å². The molecule has 0 spiro atoms. The second-order valence-electron chi connectivity index (χ2n) is 5.86. The molecule has 1 heterocycles. The predicted octanol–water partition coefficient (Wildman–Crippen LogP) is 4.17. The van der Waals surface area contributed by atoms with Gasteiger partial charge in [0.1, 0.15) is 0 Å². The summed E-state index contributed by atoms with van der Waals surface area (Å²) in [4.78, 5) is 17.7. The Morgan fingerprint density at radius 3 is 2.57 bits per heavy atom. The molecule has 0 saturated heterocycles. The van der Waals surface area contributed by atoms with Crippen molar-refractivity contribution < 1.29 is 4.79 Å². The molecule has 1 aromatic carbocycles. The molecule has 23 heavy (non-hydrogen) atoms. The zero-order valence-corrected chi connectivity index (χ0v) is 14.9. The Balaban J connectivity index is 2.20. The van der Waals surface area contributed by atoms with Gasteiger partial charge in [0, 0.05) is 16.9 Å². The summed E-state index contributed by atoms with van der Waals surface area (Å²) in [5.74, 6) is 0.496. The highest BCUT2D eigenvalue weighted by Gasteiger charge is 2.14. The third-order valence-corrected chi connectivity index (χ3v) is 4.84. The lowest BCUT2D eigenvalue weighted by molar-refractivity contribution is -0.116. The molecule has 0 fully saturated rings. The summed E-state index contributed by atoms with van der Waals surface area (Å²) in [6.07, 6.45) is 2.04. The molecule has 2 rings (SSSR count). The first kappa shape index (κ1) is 17.6. The molecule has 0 aliphatic rings. The summed E-state index contributed by atoms with van der Waals surface area (Å²) in [6, 6.07) is 8.53. The van der Waals surface area contributed by atoms with Gasteiger partial charge in [0.25, 0.3) is 0 Å². The third-order valence-electron chi connectivity index (χ3n) is 3.72. The number of aryl methyl sites for hydroxylation is 1. The number of thiazole rings is 1. The van der Waals surface area contributed by atoms with Crippen LogP contribution in [-0.4, -0.2) is 17.4 Å². The minimum absolute atomic E-state index is 0.0199. The number of nitrogens with two attached hydrogens (primary N) is 1. The van der Waals surface area contributed by atoms with Gasteiger partial charge in [0.15, 0.2) is 5.13 Å². The summed E-state index contributed by atoms with van der Waals surface area (Å²) in [7, 11) is 0. The van der Waals surface area contributed by atoms with Crippen molar-refractivity contribution in [1.29, 1.82) is 0 Å². The van der Waals surface area contributed by atoms with Crippen LogP contribution in [0.15, 0.2) is 24.3 Å². The highest BCUT2D eigenvalue weighted by atomic mass is 32.1. The Morgan fingerprint density at radius 1 is 1.30 bits per heavy atom. The summed E-state index contributed by atoms with van der Waals surface area (Å²) < 4.78 is 0. The number of rotatable bonds is 7. The molecular weight excluding hydrogens is 306 g/mol. The van der Waals surface area contributed by atoms with Gasteiger partial charge in [-0.1, -0.05) is 45.0 Å². The van der Waals surface area contributed by atoms with Gasteiger partial charge < -0.3 is 11.1 Å². The van der Waals surface area contributed by atoms with Crippen molar-refractivity contribution in [2.24, 2.45) is 5.73 Å². The van der Waals surface area contributed by atoms with Crippen LogP contribution in [0.4, 0.5) is 5.13 Å². The minimum Gasteiger partial charge on any atom is -0.330 e. The SMILES string of the molecule is CCc1sc(NC(=O)CCCN)nc1-c1ccc(C(C)C)cc1. The quantitative estimate of drug-likeness (QED) is 0.800. The fourth-order valence-electron chi connectivity index (χ4n) is 2.34. The van der Waals surface area contributed by atoms with E-state index in [1.54, 1.807) is 11.3 Å². The number of aromatic nitrogens is 1. The van der Waals surface area contributed by atoms with Crippen molar-refractivity contribution in [3.63, 3.8) is 0 Å². The van der Waals surface area contributed by atoms with Gasteiger partial charge in [-0.25, -0.2) is 4.98 Å². The molecule has 0 aliphatic heterocycles. The van der Waals surface area contributed by atoms with Gasteiger partial charge in [-0.2, -0.15) is 0 Å². The Kier molecular flexibility index (Phi) is 6.30. The summed E-state index contributed by atoms with van der Waals surface area (Å²) in [5.41, 5.74) is 8.83. The van der Waals surface area contributed by atoms with Crippen LogP contribution >= 0.6 is 11.3 Å². The molecule has 1 amide bonds. The molecule has 124 valence electrons. The summed E-state index contributed by atoms with van der Waals surface area (Å²) >= 11 is 1.55. The van der Waals surface area contributed by atoms with Crippen molar-refractivity contribution in [2.45, 2.75) is 46.0 Å². The number of carbonyl (C=O) groups excluding carboxylic acids is 1. The van der Waals surface area contributed by atoms with Gasteiger partial charge in [0.2, 0.25) is 5.91 Å². The van der Waals surface area contributed by atoms with Crippen LogP contribution in [0, 0.1) is 0 Å². The van der Waals surface area contributed by atoms with Crippen LogP contribution in [0.5, 0.6) is 0 Å². The van der Waals surface area contributed by atoms with Crippen LogP contribution in [0.25, 0.3) is 11.3 Å². The van der Waals surface area contributed by atoms with E-state index in [-0.39, 0.29) is 5.91 Å². The maximum Gasteiger partial charge on any atom is 0.226 e.